The van der Waals surface area contributed by atoms with Crippen LogP contribution in [0, 0.1) is 11.6 Å². The zero-order valence-corrected chi connectivity index (χ0v) is 16.7. The second kappa shape index (κ2) is 7.40. The monoisotopic (exact) mass is 447 g/mol. The number of ether oxygens (including phenoxy) is 1. The molecule has 1 aromatic carbocycles. The average Bonchev–Trinajstić information content (AvgIpc) is 3.03. The fraction of sp³-hybridized carbons (Fsp3) is 0.211. The van der Waals surface area contributed by atoms with E-state index in [1.54, 1.807) is 16.7 Å². The van der Waals surface area contributed by atoms with Gasteiger partial charge in [-0.05, 0) is 31.2 Å². The predicted molar refractivity (Wildman–Crippen MR) is 105 cm³/mol. The number of anilines is 1. The van der Waals surface area contributed by atoms with E-state index >= 15 is 0 Å². The van der Waals surface area contributed by atoms with Crippen LogP contribution in [0.2, 0.25) is 0 Å². The molecule has 1 N–H and O–H groups in total. The van der Waals surface area contributed by atoms with Crippen LogP contribution in [0.1, 0.15) is 18.2 Å². The van der Waals surface area contributed by atoms with Gasteiger partial charge in [0.15, 0.2) is 0 Å². The summed E-state index contributed by atoms with van der Waals surface area (Å²) < 4.78 is 36.0. The molecule has 144 valence electrons. The smallest absolute Gasteiger partial charge is 0.226 e. The van der Waals surface area contributed by atoms with Crippen molar-refractivity contribution in [3.63, 3.8) is 0 Å². The summed E-state index contributed by atoms with van der Waals surface area (Å²) in [5.74, 6) is 0.249. The lowest BCUT2D eigenvalue weighted by molar-refractivity contribution is 0.131. The second-order valence-corrected chi connectivity index (χ2v) is 7.21. The highest BCUT2D eigenvalue weighted by atomic mass is 79.9. The Morgan fingerprint density at radius 2 is 2.07 bits per heavy atom. The van der Waals surface area contributed by atoms with E-state index in [2.05, 4.69) is 36.2 Å². The minimum absolute atomic E-state index is 0.177. The van der Waals surface area contributed by atoms with Crippen molar-refractivity contribution in [3.05, 3.63) is 64.0 Å². The Hall–Kier alpha value is -2.65. The van der Waals surface area contributed by atoms with Gasteiger partial charge in [0.25, 0.3) is 0 Å². The molecule has 1 aliphatic rings. The quantitative estimate of drug-likeness (QED) is 0.650. The van der Waals surface area contributed by atoms with Gasteiger partial charge in [-0.2, -0.15) is 0 Å². The van der Waals surface area contributed by atoms with Gasteiger partial charge in [-0.1, -0.05) is 15.9 Å². The van der Waals surface area contributed by atoms with E-state index in [1.807, 2.05) is 6.92 Å². The molecule has 1 aliphatic heterocycles. The lowest BCUT2D eigenvalue weighted by Crippen LogP contribution is -2.28. The maximum atomic E-state index is 14.4. The van der Waals surface area contributed by atoms with Gasteiger partial charge >= 0.3 is 0 Å². The van der Waals surface area contributed by atoms with E-state index in [0.717, 1.165) is 10.7 Å². The third-order valence-corrected chi connectivity index (χ3v) is 4.90. The number of hydrogen-bond acceptors (Lipinski definition) is 5. The number of nitrogens with zero attached hydrogens (tertiary/aromatic N) is 4. The Labute approximate surface area is 168 Å². The summed E-state index contributed by atoms with van der Waals surface area (Å²) in [4.78, 5) is 12.9. The van der Waals surface area contributed by atoms with Crippen LogP contribution in [-0.2, 0) is 11.3 Å². The molecule has 3 heterocycles. The molecule has 9 heteroatoms. The number of hydrogen-bond donors (Lipinski definition) is 1. The Morgan fingerprint density at radius 1 is 1.25 bits per heavy atom. The van der Waals surface area contributed by atoms with E-state index in [-0.39, 0.29) is 12.4 Å². The molecule has 0 fully saturated rings. The molecule has 4 rings (SSSR count). The fourth-order valence-electron chi connectivity index (χ4n) is 3.09. The van der Waals surface area contributed by atoms with Crippen molar-refractivity contribution in [2.75, 3.05) is 12.4 Å². The van der Waals surface area contributed by atoms with Gasteiger partial charge in [0, 0.05) is 28.9 Å². The van der Waals surface area contributed by atoms with Gasteiger partial charge in [0.1, 0.15) is 29.0 Å². The van der Waals surface area contributed by atoms with Gasteiger partial charge in [0.2, 0.25) is 6.35 Å². The van der Waals surface area contributed by atoms with Crippen molar-refractivity contribution in [1.29, 1.82) is 0 Å². The van der Waals surface area contributed by atoms with Crippen molar-refractivity contribution < 1.29 is 13.5 Å². The summed E-state index contributed by atoms with van der Waals surface area (Å²) in [5.41, 5.74) is 2.20. The molecule has 0 saturated carbocycles. The van der Waals surface area contributed by atoms with Crippen molar-refractivity contribution in [2.24, 2.45) is 4.99 Å². The Morgan fingerprint density at radius 3 is 2.82 bits per heavy atom. The van der Waals surface area contributed by atoms with Crippen LogP contribution in [0.15, 0.2) is 46.1 Å². The highest BCUT2D eigenvalue weighted by Gasteiger charge is 2.27. The summed E-state index contributed by atoms with van der Waals surface area (Å²) in [6.45, 7) is 1.99. The van der Waals surface area contributed by atoms with Crippen LogP contribution in [0.25, 0.3) is 11.4 Å². The number of aliphatic imine (C=N–C) groups is 1. The Bertz CT molecular complexity index is 1080. The summed E-state index contributed by atoms with van der Waals surface area (Å²) in [5, 5.41) is 3.15. The molecule has 1 atom stereocenters. The molecular formula is C19H16BrF2N5O. The van der Waals surface area contributed by atoms with E-state index < -0.39 is 12.2 Å². The first kappa shape index (κ1) is 18.7. The first-order valence-electron chi connectivity index (χ1n) is 8.45. The van der Waals surface area contributed by atoms with Crippen LogP contribution >= 0.6 is 15.9 Å². The number of methoxy groups -OCH3 is 1. The Kier molecular flexibility index (Phi) is 4.94. The lowest BCUT2D eigenvalue weighted by atomic mass is 10.2. The second-order valence-electron chi connectivity index (χ2n) is 6.29. The predicted octanol–water partition coefficient (Wildman–Crippen LogP) is 4.20. The molecule has 0 amide bonds. The highest BCUT2D eigenvalue weighted by Crippen LogP contribution is 2.31. The van der Waals surface area contributed by atoms with Crippen LogP contribution < -0.4 is 5.32 Å². The zero-order chi connectivity index (χ0) is 19.8. The number of pyridine rings is 1. The van der Waals surface area contributed by atoms with Gasteiger partial charge < -0.3 is 14.6 Å². The normalized spacial score (nSPS) is 15.8. The van der Waals surface area contributed by atoms with E-state index in [1.165, 1.54) is 25.4 Å². The van der Waals surface area contributed by atoms with Crippen LogP contribution in [0.4, 0.5) is 14.6 Å². The third kappa shape index (κ3) is 3.43. The first-order valence-corrected chi connectivity index (χ1v) is 9.25. The maximum absolute atomic E-state index is 14.4. The number of rotatable bonds is 4. The molecule has 0 radical (unpaired) electrons. The minimum Gasteiger partial charge on any atom is -0.343 e. The van der Waals surface area contributed by atoms with Crippen molar-refractivity contribution in [2.45, 2.75) is 19.8 Å². The summed E-state index contributed by atoms with van der Waals surface area (Å²) in [7, 11) is 1.53. The topological polar surface area (TPSA) is 64.3 Å². The third-order valence-electron chi connectivity index (χ3n) is 4.40. The standard InChI is InChI=1S/C19H16BrF2N5O/c1-10-16-18(26-19(24-10)28-2)27(9-12-5-13(20)3-4-15(12)22)17(25-16)11-6-14(21)8-23-7-11/h3-8,19,26H,9H2,1-2H3. The molecule has 0 bridgehead atoms. The van der Waals surface area contributed by atoms with E-state index in [9.17, 15) is 8.78 Å². The SMILES string of the molecule is COC1N=C(C)c2nc(-c3cncc(F)c3)n(Cc3cc(Br)ccc3F)c2N1. The van der Waals surface area contributed by atoms with E-state index in [4.69, 9.17) is 4.74 Å². The van der Waals surface area contributed by atoms with Gasteiger partial charge in [-0.25, -0.2) is 18.8 Å². The Balaban J connectivity index is 1.90. The number of fused-ring (bicyclic) bond motifs is 1. The number of benzene rings is 1. The van der Waals surface area contributed by atoms with Gasteiger partial charge in [0.05, 0.1) is 18.5 Å². The molecule has 28 heavy (non-hydrogen) atoms. The highest BCUT2D eigenvalue weighted by molar-refractivity contribution is 9.10. The van der Waals surface area contributed by atoms with Crippen LogP contribution in [0.3, 0.4) is 0 Å². The van der Waals surface area contributed by atoms with E-state index in [0.29, 0.717) is 34.2 Å². The summed E-state index contributed by atoms with van der Waals surface area (Å²) >= 11 is 3.37. The van der Waals surface area contributed by atoms with Gasteiger partial charge in [-0.15, -0.1) is 0 Å². The van der Waals surface area contributed by atoms with Crippen molar-refractivity contribution in [3.8, 4) is 11.4 Å². The fourth-order valence-corrected chi connectivity index (χ4v) is 3.50. The molecule has 6 nitrogen and oxygen atoms in total. The molecular weight excluding hydrogens is 432 g/mol. The molecule has 0 spiro atoms. The average molecular weight is 448 g/mol. The number of imidazole rings is 1. The maximum Gasteiger partial charge on any atom is 0.226 e. The zero-order valence-electron chi connectivity index (χ0n) is 15.1. The molecule has 1 unspecified atom stereocenters. The van der Waals surface area contributed by atoms with Gasteiger partial charge in [-0.3, -0.25) is 4.98 Å². The van der Waals surface area contributed by atoms with Crippen molar-refractivity contribution >= 4 is 27.5 Å². The molecule has 3 aromatic rings. The van der Waals surface area contributed by atoms with Crippen molar-refractivity contribution in [1.82, 2.24) is 14.5 Å². The summed E-state index contributed by atoms with van der Waals surface area (Å²) in [6.07, 6.45) is 2.05. The molecule has 0 saturated heterocycles. The number of nitrogens with one attached hydrogen (secondary N) is 1. The largest absolute Gasteiger partial charge is 0.343 e. The molecule has 2 aromatic heterocycles. The number of aromatic nitrogens is 3. The van der Waals surface area contributed by atoms with Crippen LogP contribution in [0.5, 0.6) is 0 Å². The minimum atomic E-state index is -0.589. The summed E-state index contributed by atoms with van der Waals surface area (Å²) in [6, 6.07) is 6.07. The first-order chi connectivity index (χ1) is 13.5. The lowest BCUT2D eigenvalue weighted by Gasteiger charge is -2.22. The molecule has 0 aliphatic carbocycles. The number of halogens is 3. The van der Waals surface area contributed by atoms with Crippen LogP contribution in [-0.4, -0.2) is 33.7 Å².